The smallest absolute Gasteiger partial charge is 0.239 e. The standard InChI is InChI=1S/C12H21N3O/c1-14-12(5-2-6-12)9-11(16)15(14)10-3-7-13-8-4-10/h10,13H,2-9H2,1H3. The van der Waals surface area contributed by atoms with Gasteiger partial charge in [0.15, 0.2) is 0 Å². The van der Waals surface area contributed by atoms with Crippen LogP contribution in [0.5, 0.6) is 0 Å². The van der Waals surface area contributed by atoms with E-state index < -0.39 is 0 Å². The molecule has 3 aliphatic rings. The first-order valence-electron chi connectivity index (χ1n) is 6.49. The van der Waals surface area contributed by atoms with Crippen molar-refractivity contribution in [3.05, 3.63) is 0 Å². The number of carbonyl (C=O) groups is 1. The molecule has 3 rings (SSSR count). The van der Waals surface area contributed by atoms with E-state index in [0.717, 1.165) is 32.4 Å². The van der Waals surface area contributed by atoms with E-state index in [1.165, 1.54) is 19.3 Å². The van der Waals surface area contributed by atoms with Crippen molar-refractivity contribution >= 4 is 5.91 Å². The molecule has 0 atom stereocenters. The lowest BCUT2D eigenvalue weighted by molar-refractivity contribution is -0.148. The Morgan fingerprint density at radius 2 is 2.00 bits per heavy atom. The lowest BCUT2D eigenvalue weighted by Gasteiger charge is -2.47. The van der Waals surface area contributed by atoms with Crippen molar-refractivity contribution in [1.29, 1.82) is 0 Å². The van der Waals surface area contributed by atoms with Gasteiger partial charge in [0.05, 0.1) is 6.04 Å². The number of hydrogen-bond acceptors (Lipinski definition) is 3. The molecule has 0 aromatic heterocycles. The Balaban J connectivity index is 1.76. The lowest BCUT2D eigenvalue weighted by Crippen LogP contribution is -2.56. The van der Waals surface area contributed by atoms with Crippen LogP contribution in [0, 0.1) is 0 Å². The second kappa shape index (κ2) is 3.70. The van der Waals surface area contributed by atoms with Gasteiger partial charge in [-0.2, -0.15) is 0 Å². The van der Waals surface area contributed by atoms with E-state index in [1.54, 1.807) is 0 Å². The molecule has 1 amide bonds. The maximum Gasteiger partial charge on any atom is 0.239 e. The zero-order chi connectivity index (χ0) is 11.2. The molecule has 2 heterocycles. The Labute approximate surface area is 96.9 Å². The molecule has 90 valence electrons. The predicted octanol–water partition coefficient (Wildman–Crippen LogP) is 0.740. The zero-order valence-electron chi connectivity index (χ0n) is 10.0. The van der Waals surface area contributed by atoms with Crippen molar-refractivity contribution in [3.8, 4) is 0 Å². The van der Waals surface area contributed by atoms with Gasteiger partial charge < -0.3 is 5.32 Å². The molecule has 2 saturated heterocycles. The van der Waals surface area contributed by atoms with Crippen LogP contribution in [0.4, 0.5) is 0 Å². The van der Waals surface area contributed by atoms with E-state index in [0.29, 0.717) is 11.9 Å². The topological polar surface area (TPSA) is 35.6 Å². The van der Waals surface area contributed by atoms with Gasteiger partial charge in [0, 0.05) is 19.0 Å². The number of hydrogen-bond donors (Lipinski definition) is 1. The first-order chi connectivity index (χ1) is 7.73. The first kappa shape index (κ1) is 10.5. The van der Waals surface area contributed by atoms with Crippen LogP contribution in [0.2, 0.25) is 0 Å². The summed E-state index contributed by atoms with van der Waals surface area (Å²) in [5.41, 5.74) is 0.210. The Morgan fingerprint density at radius 3 is 2.50 bits per heavy atom. The van der Waals surface area contributed by atoms with Gasteiger partial charge in [-0.1, -0.05) is 0 Å². The predicted molar refractivity (Wildman–Crippen MR) is 61.7 cm³/mol. The van der Waals surface area contributed by atoms with Crippen LogP contribution in [0.15, 0.2) is 0 Å². The maximum absolute atomic E-state index is 12.2. The molecule has 0 unspecified atom stereocenters. The monoisotopic (exact) mass is 223 g/mol. The molecule has 1 spiro atoms. The molecule has 3 fully saturated rings. The number of piperidine rings is 1. The molecule has 1 N–H and O–H groups in total. The minimum atomic E-state index is 0.210. The van der Waals surface area contributed by atoms with Crippen LogP contribution in [0.1, 0.15) is 38.5 Å². The number of nitrogens with one attached hydrogen (secondary N) is 1. The van der Waals surface area contributed by atoms with E-state index >= 15 is 0 Å². The molecule has 4 nitrogen and oxygen atoms in total. The van der Waals surface area contributed by atoms with Crippen LogP contribution in [-0.2, 0) is 4.79 Å². The molecule has 0 radical (unpaired) electrons. The average Bonchev–Trinajstić information content (AvgIpc) is 2.51. The van der Waals surface area contributed by atoms with Crippen LogP contribution in [0.25, 0.3) is 0 Å². The van der Waals surface area contributed by atoms with Crippen LogP contribution in [-0.4, -0.2) is 47.6 Å². The fourth-order valence-corrected chi connectivity index (χ4v) is 3.46. The summed E-state index contributed by atoms with van der Waals surface area (Å²) >= 11 is 0. The van der Waals surface area contributed by atoms with Crippen molar-refractivity contribution in [3.63, 3.8) is 0 Å². The van der Waals surface area contributed by atoms with Gasteiger partial charge in [-0.25, -0.2) is 5.01 Å². The highest BCUT2D eigenvalue weighted by molar-refractivity contribution is 5.80. The van der Waals surface area contributed by atoms with Crippen LogP contribution in [0.3, 0.4) is 0 Å². The van der Waals surface area contributed by atoms with Gasteiger partial charge in [-0.3, -0.25) is 9.80 Å². The zero-order valence-corrected chi connectivity index (χ0v) is 10.0. The van der Waals surface area contributed by atoms with Crippen molar-refractivity contribution < 1.29 is 4.79 Å². The molecule has 16 heavy (non-hydrogen) atoms. The third-order valence-corrected chi connectivity index (χ3v) is 4.68. The van der Waals surface area contributed by atoms with Gasteiger partial charge >= 0.3 is 0 Å². The van der Waals surface area contributed by atoms with E-state index in [2.05, 4.69) is 22.4 Å². The third kappa shape index (κ3) is 1.39. The fraction of sp³-hybridized carbons (Fsp3) is 0.917. The normalized spacial score (nSPS) is 31.1. The summed E-state index contributed by atoms with van der Waals surface area (Å²) in [6, 6.07) is 0.443. The summed E-state index contributed by atoms with van der Waals surface area (Å²) in [7, 11) is 2.12. The van der Waals surface area contributed by atoms with Gasteiger partial charge in [-0.15, -0.1) is 0 Å². The van der Waals surface area contributed by atoms with Gasteiger partial charge in [-0.05, 0) is 45.2 Å². The molecule has 0 bridgehead atoms. The van der Waals surface area contributed by atoms with Gasteiger partial charge in [0.2, 0.25) is 5.91 Å². The lowest BCUT2D eigenvalue weighted by atomic mass is 9.75. The summed E-state index contributed by atoms with van der Waals surface area (Å²) in [6.45, 7) is 2.10. The van der Waals surface area contributed by atoms with Gasteiger partial charge in [0.1, 0.15) is 0 Å². The molecule has 4 heteroatoms. The SMILES string of the molecule is CN1N(C2CCNCC2)C(=O)CC12CCC2. The first-order valence-corrected chi connectivity index (χ1v) is 6.49. The maximum atomic E-state index is 12.2. The van der Waals surface area contributed by atoms with E-state index in [9.17, 15) is 4.79 Å². The van der Waals surface area contributed by atoms with Crippen molar-refractivity contribution in [2.24, 2.45) is 0 Å². The van der Waals surface area contributed by atoms with Crippen molar-refractivity contribution in [1.82, 2.24) is 15.3 Å². The Morgan fingerprint density at radius 1 is 1.31 bits per heavy atom. The number of rotatable bonds is 1. The van der Waals surface area contributed by atoms with Crippen LogP contribution >= 0.6 is 0 Å². The Kier molecular flexibility index (Phi) is 2.44. The second-order valence-electron chi connectivity index (χ2n) is 5.50. The van der Waals surface area contributed by atoms with E-state index in [4.69, 9.17) is 0 Å². The van der Waals surface area contributed by atoms with Crippen molar-refractivity contribution in [2.45, 2.75) is 50.1 Å². The molecular formula is C12H21N3O. The summed E-state index contributed by atoms with van der Waals surface area (Å²) in [5.74, 6) is 0.356. The summed E-state index contributed by atoms with van der Waals surface area (Å²) in [6.07, 6.45) is 6.66. The summed E-state index contributed by atoms with van der Waals surface area (Å²) in [5, 5.41) is 7.70. The molecular weight excluding hydrogens is 202 g/mol. The number of nitrogens with zero attached hydrogens (tertiary/aromatic N) is 2. The minimum Gasteiger partial charge on any atom is -0.317 e. The fourth-order valence-electron chi connectivity index (χ4n) is 3.46. The van der Waals surface area contributed by atoms with Gasteiger partial charge in [0.25, 0.3) is 0 Å². The Bertz CT molecular complexity index is 295. The van der Waals surface area contributed by atoms with E-state index in [1.807, 2.05) is 0 Å². The van der Waals surface area contributed by atoms with Crippen LogP contribution < -0.4 is 5.32 Å². The highest BCUT2D eigenvalue weighted by atomic mass is 16.2. The molecule has 1 aliphatic carbocycles. The average molecular weight is 223 g/mol. The highest BCUT2D eigenvalue weighted by Gasteiger charge is 2.53. The molecule has 0 aromatic rings. The summed E-state index contributed by atoms with van der Waals surface area (Å²) < 4.78 is 0. The second-order valence-corrected chi connectivity index (χ2v) is 5.50. The number of amides is 1. The molecule has 2 aliphatic heterocycles. The number of carbonyl (C=O) groups excluding carboxylic acids is 1. The van der Waals surface area contributed by atoms with E-state index in [-0.39, 0.29) is 5.54 Å². The molecule has 1 saturated carbocycles. The minimum absolute atomic E-state index is 0.210. The third-order valence-electron chi connectivity index (χ3n) is 4.68. The largest absolute Gasteiger partial charge is 0.317 e. The highest BCUT2D eigenvalue weighted by Crippen LogP contribution is 2.46. The number of hydrazine groups is 1. The quantitative estimate of drug-likeness (QED) is 0.712. The Hall–Kier alpha value is -0.610. The summed E-state index contributed by atoms with van der Waals surface area (Å²) in [4.78, 5) is 12.2. The molecule has 0 aromatic carbocycles. The van der Waals surface area contributed by atoms with Crippen molar-refractivity contribution in [2.75, 3.05) is 20.1 Å².